The molecule has 2 amide bonds. The molecule has 0 spiro atoms. The fourth-order valence-corrected chi connectivity index (χ4v) is 2.50. The molecular formula is C15H18N2O2S. The van der Waals surface area contributed by atoms with E-state index in [2.05, 4.69) is 10.6 Å². The van der Waals surface area contributed by atoms with Gasteiger partial charge in [-0.1, -0.05) is 30.3 Å². The van der Waals surface area contributed by atoms with Crippen LogP contribution in [0.3, 0.4) is 0 Å². The lowest BCUT2D eigenvalue weighted by Gasteiger charge is -2.11. The molecule has 1 aromatic carbocycles. The first-order valence-corrected chi connectivity index (χ1v) is 7.46. The molecule has 0 fully saturated rings. The number of rotatable bonds is 6. The van der Waals surface area contributed by atoms with E-state index in [0.29, 0.717) is 19.5 Å². The van der Waals surface area contributed by atoms with Gasteiger partial charge in [0.25, 0.3) is 0 Å². The summed E-state index contributed by atoms with van der Waals surface area (Å²) in [6.45, 7) is 0.942. The largest absolute Gasteiger partial charge is 0.388 e. The van der Waals surface area contributed by atoms with E-state index < -0.39 is 6.10 Å². The van der Waals surface area contributed by atoms with Gasteiger partial charge in [0, 0.05) is 13.1 Å². The van der Waals surface area contributed by atoms with Crippen molar-refractivity contribution in [1.82, 2.24) is 10.6 Å². The van der Waals surface area contributed by atoms with Crippen LogP contribution in [0.25, 0.3) is 0 Å². The van der Waals surface area contributed by atoms with Crippen molar-refractivity contribution in [2.24, 2.45) is 0 Å². The Morgan fingerprint density at radius 2 is 2.00 bits per heavy atom. The Morgan fingerprint density at radius 1 is 1.20 bits per heavy atom. The lowest BCUT2D eigenvalue weighted by atomic mass is 10.1. The van der Waals surface area contributed by atoms with Gasteiger partial charge >= 0.3 is 6.03 Å². The van der Waals surface area contributed by atoms with Gasteiger partial charge in [0.1, 0.15) is 0 Å². The topological polar surface area (TPSA) is 61.4 Å². The maximum absolute atomic E-state index is 11.6. The van der Waals surface area contributed by atoms with Crippen molar-refractivity contribution in [3.63, 3.8) is 0 Å². The summed E-state index contributed by atoms with van der Waals surface area (Å²) < 4.78 is 0. The molecule has 20 heavy (non-hydrogen) atoms. The molecule has 1 aromatic heterocycles. The molecule has 0 saturated heterocycles. The molecule has 0 radical (unpaired) electrons. The summed E-state index contributed by atoms with van der Waals surface area (Å²) in [4.78, 5) is 11.6. The van der Waals surface area contributed by atoms with E-state index in [9.17, 15) is 9.90 Å². The molecule has 1 atom stereocenters. The maximum atomic E-state index is 11.6. The average molecular weight is 290 g/mol. The highest BCUT2D eigenvalue weighted by atomic mass is 32.1. The number of aliphatic hydroxyl groups is 1. The second kappa shape index (κ2) is 7.67. The monoisotopic (exact) mass is 290 g/mol. The normalized spacial score (nSPS) is 11.8. The first-order valence-electron chi connectivity index (χ1n) is 6.51. The number of aliphatic hydroxyl groups excluding tert-OH is 1. The average Bonchev–Trinajstić information content (AvgIpc) is 3.00. The molecule has 1 heterocycles. The van der Waals surface area contributed by atoms with Crippen molar-refractivity contribution in [2.45, 2.75) is 19.1 Å². The van der Waals surface area contributed by atoms with Crippen molar-refractivity contribution in [1.29, 1.82) is 0 Å². The maximum Gasteiger partial charge on any atom is 0.315 e. The third kappa shape index (κ3) is 4.68. The van der Waals surface area contributed by atoms with Gasteiger partial charge in [-0.05, 0) is 34.4 Å². The fourth-order valence-electron chi connectivity index (χ4n) is 1.79. The molecule has 0 saturated carbocycles. The van der Waals surface area contributed by atoms with Crippen molar-refractivity contribution in [3.05, 3.63) is 58.3 Å². The summed E-state index contributed by atoms with van der Waals surface area (Å²) in [7, 11) is 0. The number of thiophene rings is 1. The number of benzene rings is 1. The van der Waals surface area contributed by atoms with Crippen LogP contribution in [0.4, 0.5) is 4.79 Å². The standard InChI is InChI=1S/C15H18N2O2S/c18-14(13-7-9-20-11-13)6-8-16-15(19)17-10-12-4-2-1-3-5-12/h1-5,7,9,11,14,18H,6,8,10H2,(H2,16,17,19)/t14-/m0/s1. The minimum atomic E-state index is -0.518. The second-order valence-electron chi connectivity index (χ2n) is 4.46. The van der Waals surface area contributed by atoms with Crippen LogP contribution in [0.5, 0.6) is 0 Å². The fraction of sp³-hybridized carbons (Fsp3) is 0.267. The van der Waals surface area contributed by atoms with Gasteiger partial charge in [-0.3, -0.25) is 0 Å². The number of urea groups is 1. The van der Waals surface area contributed by atoms with Crippen molar-refractivity contribution < 1.29 is 9.90 Å². The number of carbonyl (C=O) groups is 1. The third-order valence-corrected chi connectivity index (χ3v) is 3.63. The summed E-state index contributed by atoms with van der Waals surface area (Å²) in [5.74, 6) is 0. The lowest BCUT2D eigenvalue weighted by molar-refractivity contribution is 0.167. The highest BCUT2D eigenvalue weighted by Crippen LogP contribution is 2.18. The summed E-state index contributed by atoms with van der Waals surface area (Å²) in [6.07, 6.45) is -0.00848. The highest BCUT2D eigenvalue weighted by molar-refractivity contribution is 7.07. The van der Waals surface area contributed by atoms with Crippen LogP contribution >= 0.6 is 11.3 Å². The highest BCUT2D eigenvalue weighted by Gasteiger charge is 2.08. The van der Waals surface area contributed by atoms with E-state index in [1.165, 1.54) is 0 Å². The third-order valence-electron chi connectivity index (χ3n) is 2.93. The van der Waals surface area contributed by atoms with E-state index >= 15 is 0 Å². The van der Waals surface area contributed by atoms with Gasteiger partial charge in [-0.15, -0.1) is 0 Å². The number of hydrogen-bond acceptors (Lipinski definition) is 3. The summed E-state index contributed by atoms with van der Waals surface area (Å²) >= 11 is 1.55. The van der Waals surface area contributed by atoms with Crippen molar-refractivity contribution in [2.75, 3.05) is 6.54 Å². The van der Waals surface area contributed by atoms with Gasteiger partial charge in [0.2, 0.25) is 0 Å². The zero-order valence-corrected chi connectivity index (χ0v) is 11.9. The number of carbonyl (C=O) groups excluding carboxylic acids is 1. The van der Waals surface area contributed by atoms with E-state index in [4.69, 9.17) is 0 Å². The van der Waals surface area contributed by atoms with Crippen LogP contribution in [-0.4, -0.2) is 17.7 Å². The quantitative estimate of drug-likeness (QED) is 0.766. The van der Waals surface area contributed by atoms with Crippen LogP contribution in [0, 0.1) is 0 Å². The van der Waals surface area contributed by atoms with Crippen LogP contribution in [-0.2, 0) is 6.54 Å². The smallest absolute Gasteiger partial charge is 0.315 e. The molecule has 2 aromatic rings. The number of hydrogen-bond donors (Lipinski definition) is 3. The Hall–Kier alpha value is -1.85. The number of amides is 2. The first-order chi connectivity index (χ1) is 9.75. The molecule has 0 aliphatic rings. The van der Waals surface area contributed by atoms with Crippen LogP contribution in [0.15, 0.2) is 47.2 Å². The molecule has 0 unspecified atom stereocenters. The van der Waals surface area contributed by atoms with Crippen molar-refractivity contribution >= 4 is 17.4 Å². The van der Waals surface area contributed by atoms with Gasteiger partial charge in [-0.25, -0.2) is 4.79 Å². The Bertz CT molecular complexity index is 514. The van der Waals surface area contributed by atoms with E-state index in [-0.39, 0.29) is 6.03 Å². The van der Waals surface area contributed by atoms with E-state index in [1.54, 1.807) is 11.3 Å². The molecule has 3 N–H and O–H groups in total. The van der Waals surface area contributed by atoms with E-state index in [1.807, 2.05) is 47.2 Å². The predicted molar refractivity (Wildman–Crippen MR) is 80.6 cm³/mol. The molecule has 106 valence electrons. The van der Waals surface area contributed by atoms with Crippen LogP contribution in [0.2, 0.25) is 0 Å². The summed E-state index contributed by atoms with van der Waals surface area (Å²) in [6, 6.07) is 11.4. The summed E-state index contributed by atoms with van der Waals surface area (Å²) in [5, 5.41) is 19.2. The molecule has 2 rings (SSSR count). The van der Waals surface area contributed by atoms with Gasteiger partial charge < -0.3 is 15.7 Å². The molecule has 4 nitrogen and oxygen atoms in total. The van der Waals surface area contributed by atoms with Gasteiger partial charge in [0.15, 0.2) is 0 Å². The Morgan fingerprint density at radius 3 is 2.70 bits per heavy atom. The van der Waals surface area contributed by atoms with Gasteiger partial charge in [-0.2, -0.15) is 11.3 Å². The van der Waals surface area contributed by atoms with Crippen LogP contribution < -0.4 is 10.6 Å². The molecular weight excluding hydrogens is 272 g/mol. The zero-order chi connectivity index (χ0) is 14.2. The molecule has 0 aliphatic heterocycles. The van der Waals surface area contributed by atoms with Gasteiger partial charge in [0.05, 0.1) is 6.10 Å². The minimum Gasteiger partial charge on any atom is -0.388 e. The SMILES string of the molecule is O=C(NCC[C@H](O)c1ccsc1)NCc1ccccc1. The molecule has 0 aliphatic carbocycles. The number of nitrogens with one attached hydrogen (secondary N) is 2. The lowest BCUT2D eigenvalue weighted by Crippen LogP contribution is -2.36. The predicted octanol–water partition coefficient (Wildman–Crippen LogP) is 2.67. The van der Waals surface area contributed by atoms with Crippen molar-refractivity contribution in [3.8, 4) is 0 Å². The Labute approximate surface area is 122 Å². The molecule has 5 heteroatoms. The molecule has 0 bridgehead atoms. The first kappa shape index (κ1) is 14.6. The Balaban J connectivity index is 1.63. The minimum absolute atomic E-state index is 0.216. The zero-order valence-electron chi connectivity index (χ0n) is 11.1. The second-order valence-corrected chi connectivity index (χ2v) is 5.24. The van der Waals surface area contributed by atoms with E-state index in [0.717, 1.165) is 11.1 Å². The van der Waals surface area contributed by atoms with Crippen LogP contribution in [0.1, 0.15) is 23.7 Å². The Kier molecular flexibility index (Phi) is 5.58. The summed E-state index contributed by atoms with van der Waals surface area (Å²) in [5.41, 5.74) is 1.96.